The molecule has 1 unspecified atom stereocenters. The number of carbonyl (C=O) groups is 2. The number of aliphatic hydroxyl groups is 1. The molecular formula is C64H108O5. The third-order valence-corrected chi connectivity index (χ3v) is 12.3. The summed E-state index contributed by atoms with van der Waals surface area (Å²) in [6, 6.07) is 0. The van der Waals surface area contributed by atoms with Gasteiger partial charge in [0.25, 0.3) is 0 Å². The van der Waals surface area contributed by atoms with E-state index in [0.29, 0.717) is 12.8 Å². The van der Waals surface area contributed by atoms with Crippen molar-refractivity contribution in [2.24, 2.45) is 0 Å². The van der Waals surface area contributed by atoms with E-state index in [9.17, 15) is 14.7 Å². The minimum Gasteiger partial charge on any atom is -0.462 e. The summed E-state index contributed by atoms with van der Waals surface area (Å²) in [5.41, 5.74) is 0. The predicted molar refractivity (Wildman–Crippen MR) is 302 cm³/mol. The van der Waals surface area contributed by atoms with Gasteiger partial charge in [-0.15, -0.1) is 0 Å². The number of aliphatic hydroxyl groups excluding tert-OH is 1. The SMILES string of the molecule is CC/C=C\C/C=C\C/C=C\C/C=C\C/C=C\C/C=C\C/C=C\C/C=C\C/C=C\CCCC(=O)OC(CO)COC(=O)CCCCCCCCCCCCCCCCCCCCCCCCCCCC. The molecule has 0 aliphatic heterocycles. The number of esters is 2. The Bertz CT molecular complexity index is 1360. The Morgan fingerprint density at radius 1 is 0.348 bits per heavy atom. The molecule has 1 atom stereocenters. The van der Waals surface area contributed by atoms with Crippen molar-refractivity contribution in [3.63, 3.8) is 0 Å². The van der Waals surface area contributed by atoms with Crippen molar-refractivity contribution < 1.29 is 24.2 Å². The molecule has 5 heteroatoms. The van der Waals surface area contributed by atoms with E-state index in [-0.39, 0.29) is 31.6 Å². The van der Waals surface area contributed by atoms with E-state index in [2.05, 4.69) is 123 Å². The molecule has 0 radical (unpaired) electrons. The first-order chi connectivity index (χ1) is 34.1. The van der Waals surface area contributed by atoms with Crippen molar-refractivity contribution in [3.8, 4) is 0 Å². The fraction of sp³-hybridized carbons (Fsp3) is 0.688. The van der Waals surface area contributed by atoms with Crippen LogP contribution < -0.4 is 0 Å². The zero-order valence-corrected chi connectivity index (χ0v) is 45.0. The topological polar surface area (TPSA) is 72.8 Å². The minimum atomic E-state index is -0.810. The van der Waals surface area contributed by atoms with Crippen LogP contribution in [0.1, 0.15) is 264 Å². The van der Waals surface area contributed by atoms with Crippen LogP contribution in [0.15, 0.2) is 109 Å². The van der Waals surface area contributed by atoms with Crippen LogP contribution in [-0.4, -0.2) is 36.4 Å². The van der Waals surface area contributed by atoms with Crippen LogP contribution in [0.5, 0.6) is 0 Å². The molecule has 0 spiro atoms. The number of hydrogen-bond donors (Lipinski definition) is 1. The highest BCUT2D eigenvalue weighted by molar-refractivity contribution is 5.70. The van der Waals surface area contributed by atoms with Crippen molar-refractivity contribution in [1.82, 2.24) is 0 Å². The van der Waals surface area contributed by atoms with Gasteiger partial charge in [-0.2, -0.15) is 0 Å². The maximum Gasteiger partial charge on any atom is 0.306 e. The van der Waals surface area contributed by atoms with Crippen molar-refractivity contribution in [1.29, 1.82) is 0 Å². The van der Waals surface area contributed by atoms with E-state index >= 15 is 0 Å². The molecule has 1 N–H and O–H groups in total. The van der Waals surface area contributed by atoms with Crippen molar-refractivity contribution >= 4 is 11.9 Å². The molecule has 0 fully saturated rings. The Balaban J connectivity index is 3.60. The first kappa shape index (κ1) is 65.6. The average molecular weight is 958 g/mol. The molecule has 0 saturated carbocycles. The molecule has 0 amide bonds. The standard InChI is InChI=1S/C64H108O5/c1-3-5-7-9-11-13-15-17-19-21-23-25-27-29-31-32-33-35-37-39-41-43-45-47-49-51-53-55-57-59-64(67)69-62(60-65)61-68-63(66)58-56-54-52-50-48-46-44-42-40-38-36-34-30-28-26-24-22-20-18-16-14-12-10-8-6-4-2/h5,7,11,13,17,19,23,25,29,31,33,35,39,41,45,47,51,53,62,65H,3-4,6,8-10,12,14-16,18,20-22,24,26-28,30,32,34,36-38,40,42-44,46,48-50,52,54-61H2,1-2H3/b7-5-,13-11-,19-17-,25-23-,31-29-,35-33-,41-39-,47-45-,53-51-. The molecular weight excluding hydrogens is 849 g/mol. The monoisotopic (exact) mass is 957 g/mol. The Hall–Kier alpha value is -3.44. The van der Waals surface area contributed by atoms with Crippen molar-refractivity contribution in [2.45, 2.75) is 270 Å². The van der Waals surface area contributed by atoms with Crippen LogP contribution in [0, 0.1) is 0 Å². The van der Waals surface area contributed by atoms with Crippen molar-refractivity contribution in [3.05, 3.63) is 109 Å². The van der Waals surface area contributed by atoms with Crippen LogP contribution in [0.25, 0.3) is 0 Å². The molecule has 0 aromatic carbocycles. The summed E-state index contributed by atoms with van der Waals surface area (Å²) in [6.45, 7) is 4.00. The van der Waals surface area contributed by atoms with Gasteiger partial charge in [0, 0.05) is 12.8 Å². The van der Waals surface area contributed by atoms with Gasteiger partial charge in [0.15, 0.2) is 6.10 Å². The Kier molecular flexibility index (Phi) is 55.9. The molecule has 0 aliphatic carbocycles. The van der Waals surface area contributed by atoms with Gasteiger partial charge in [0.1, 0.15) is 6.61 Å². The zero-order chi connectivity index (χ0) is 49.9. The van der Waals surface area contributed by atoms with E-state index in [0.717, 1.165) is 83.5 Å². The summed E-state index contributed by atoms with van der Waals surface area (Å²) < 4.78 is 10.7. The normalized spacial score (nSPS) is 13.0. The first-order valence-corrected chi connectivity index (χ1v) is 28.9. The highest BCUT2D eigenvalue weighted by Gasteiger charge is 2.16. The van der Waals surface area contributed by atoms with Crippen LogP contribution in [-0.2, 0) is 19.1 Å². The summed E-state index contributed by atoms with van der Waals surface area (Å²) in [7, 11) is 0. The summed E-state index contributed by atoms with van der Waals surface area (Å²) in [5.74, 6) is -0.658. The zero-order valence-electron chi connectivity index (χ0n) is 45.0. The second kappa shape index (κ2) is 58.9. The quantitative estimate of drug-likeness (QED) is 0.0374. The summed E-state index contributed by atoms with van der Waals surface area (Å²) in [6.07, 6.45) is 85.0. The highest BCUT2D eigenvalue weighted by atomic mass is 16.6. The molecule has 394 valence electrons. The van der Waals surface area contributed by atoms with Crippen LogP contribution >= 0.6 is 0 Å². The lowest BCUT2D eigenvalue weighted by Crippen LogP contribution is -2.28. The molecule has 0 aromatic heterocycles. The fourth-order valence-electron chi connectivity index (χ4n) is 8.03. The van der Waals surface area contributed by atoms with Gasteiger partial charge in [0.05, 0.1) is 6.61 Å². The lowest BCUT2D eigenvalue weighted by Gasteiger charge is -2.15. The van der Waals surface area contributed by atoms with Crippen LogP contribution in [0.3, 0.4) is 0 Å². The number of ether oxygens (including phenoxy) is 2. The molecule has 69 heavy (non-hydrogen) atoms. The Morgan fingerprint density at radius 3 is 0.928 bits per heavy atom. The van der Waals surface area contributed by atoms with E-state index in [1.54, 1.807) is 0 Å². The van der Waals surface area contributed by atoms with Gasteiger partial charge in [-0.25, -0.2) is 0 Å². The summed E-state index contributed by atoms with van der Waals surface area (Å²) in [5, 5.41) is 9.65. The van der Waals surface area contributed by atoms with E-state index in [1.807, 2.05) is 0 Å². The number of unbranched alkanes of at least 4 members (excludes halogenated alkanes) is 26. The van der Waals surface area contributed by atoms with Crippen molar-refractivity contribution in [2.75, 3.05) is 13.2 Å². The predicted octanol–water partition coefficient (Wildman–Crippen LogP) is 19.7. The highest BCUT2D eigenvalue weighted by Crippen LogP contribution is 2.16. The van der Waals surface area contributed by atoms with E-state index in [4.69, 9.17) is 9.47 Å². The maximum absolute atomic E-state index is 12.3. The third-order valence-electron chi connectivity index (χ3n) is 12.3. The average Bonchev–Trinajstić information content (AvgIpc) is 3.35. The maximum atomic E-state index is 12.3. The van der Waals surface area contributed by atoms with Crippen LogP contribution in [0.2, 0.25) is 0 Å². The van der Waals surface area contributed by atoms with Gasteiger partial charge < -0.3 is 14.6 Å². The van der Waals surface area contributed by atoms with Gasteiger partial charge in [-0.05, 0) is 77.0 Å². The van der Waals surface area contributed by atoms with E-state index in [1.165, 1.54) is 148 Å². The summed E-state index contributed by atoms with van der Waals surface area (Å²) in [4.78, 5) is 24.5. The Labute approximate surface area is 427 Å². The molecule has 0 aromatic rings. The number of carbonyl (C=O) groups excluding carboxylic acids is 2. The first-order valence-electron chi connectivity index (χ1n) is 28.9. The molecule has 5 nitrogen and oxygen atoms in total. The van der Waals surface area contributed by atoms with Gasteiger partial charge in [-0.3, -0.25) is 9.59 Å². The lowest BCUT2D eigenvalue weighted by molar-refractivity contribution is -0.161. The number of rotatable bonds is 52. The second-order valence-corrected chi connectivity index (χ2v) is 19.0. The molecule has 0 bridgehead atoms. The smallest absolute Gasteiger partial charge is 0.306 e. The lowest BCUT2D eigenvalue weighted by atomic mass is 10.0. The molecule has 0 aliphatic rings. The fourth-order valence-corrected chi connectivity index (χ4v) is 8.03. The van der Waals surface area contributed by atoms with Gasteiger partial charge in [0.2, 0.25) is 0 Å². The number of allylic oxidation sites excluding steroid dienone is 18. The second-order valence-electron chi connectivity index (χ2n) is 19.0. The minimum absolute atomic E-state index is 0.0928. The summed E-state index contributed by atoms with van der Waals surface area (Å²) >= 11 is 0. The molecule has 0 heterocycles. The van der Waals surface area contributed by atoms with E-state index < -0.39 is 6.10 Å². The molecule has 0 saturated heterocycles. The van der Waals surface area contributed by atoms with Gasteiger partial charge >= 0.3 is 11.9 Å². The largest absolute Gasteiger partial charge is 0.462 e. The number of hydrogen-bond acceptors (Lipinski definition) is 5. The van der Waals surface area contributed by atoms with Gasteiger partial charge in [-0.1, -0.05) is 284 Å². The van der Waals surface area contributed by atoms with Crippen LogP contribution in [0.4, 0.5) is 0 Å². The third kappa shape index (κ3) is 57.0. The Morgan fingerprint density at radius 2 is 0.623 bits per heavy atom. The molecule has 0 rings (SSSR count).